The van der Waals surface area contributed by atoms with Crippen molar-refractivity contribution in [3.05, 3.63) is 35.6 Å². The Bertz CT molecular complexity index is 441. The van der Waals surface area contributed by atoms with Gasteiger partial charge in [-0.15, -0.1) is 0 Å². The van der Waals surface area contributed by atoms with Gasteiger partial charge in [0.2, 0.25) is 11.8 Å². The number of hydrogen-bond donors (Lipinski definition) is 1. The molecule has 2 amide bonds. The van der Waals surface area contributed by atoms with Gasteiger partial charge in [-0.25, -0.2) is 4.39 Å². The van der Waals surface area contributed by atoms with Crippen LogP contribution in [0.2, 0.25) is 0 Å². The van der Waals surface area contributed by atoms with E-state index in [0.717, 1.165) is 5.56 Å². The molecule has 3 nitrogen and oxygen atoms in total. The molecule has 84 valence electrons. The van der Waals surface area contributed by atoms with Gasteiger partial charge in [-0.2, -0.15) is 0 Å². The van der Waals surface area contributed by atoms with Crippen molar-refractivity contribution in [3.63, 3.8) is 0 Å². The van der Waals surface area contributed by atoms with Crippen molar-refractivity contribution in [1.82, 2.24) is 5.32 Å². The summed E-state index contributed by atoms with van der Waals surface area (Å²) in [6.45, 7) is 1.75. The van der Waals surface area contributed by atoms with Crippen LogP contribution in [0.5, 0.6) is 0 Å². The third kappa shape index (κ3) is 1.96. The molecule has 0 aromatic heterocycles. The summed E-state index contributed by atoms with van der Waals surface area (Å²) in [6.07, 6.45) is 0.647. The maximum atomic E-state index is 12.7. The number of halogens is 1. The number of nitrogens with one attached hydrogen (secondary N) is 1. The van der Waals surface area contributed by atoms with Gasteiger partial charge in [-0.3, -0.25) is 14.9 Å². The molecule has 1 unspecified atom stereocenters. The molecule has 1 heterocycles. The van der Waals surface area contributed by atoms with Gasteiger partial charge < -0.3 is 0 Å². The van der Waals surface area contributed by atoms with E-state index in [9.17, 15) is 14.0 Å². The van der Waals surface area contributed by atoms with E-state index >= 15 is 0 Å². The van der Waals surface area contributed by atoms with E-state index in [-0.39, 0.29) is 24.1 Å². The quantitative estimate of drug-likeness (QED) is 0.768. The molecular formula is C12H12FNO2. The van der Waals surface area contributed by atoms with Gasteiger partial charge in [0.25, 0.3) is 0 Å². The summed E-state index contributed by atoms with van der Waals surface area (Å²) >= 11 is 0. The first kappa shape index (κ1) is 10.8. The van der Waals surface area contributed by atoms with Crippen LogP contribution in [0.25, 0.3) is 0 Å². The van der Waals surface area contributed by atoms with Crippen LogP contribution in [0.4, 0.5) is 4.39 Å². The highest BCUT2D eigenvalue weighted by Gasteiger charge is 2.42. The first-order chi connectivity index (χ1) is 7.49. The molecule has 0 aliphatic carbocycles. The minimum atomic E-state index is -0.699. The number of hydrogen-bond acceptors (Lipinski definition) is 2. The Kier molecular flexibility index (Phi) is 2.50. The molecule has 1 aromatic rings. The van der Waals surface area contributed by atoms with Gasteiger partial charge in [0, 0.05) is 6.42 Å². The monoisotopic (exact) mass is 221 g/mol. The predicted octanol–water partition coefficient (Wildman–Crippen LogP) is 1.42. The van der Waals surface area contributed by atoms with Crippen molar-refractivity contribution in [3.8, 4) is 0 Å². The van der Waals surface area contributed by atoms with E-state index in [1.165, 1.54) is 12.1 Å². The third-order valence-electron chi connectivity index (χ3n) is 2.86. The lowest BCUT2D eigenvalue weighted by atomic mass is 9.82. The maximum Gasteiger partial charge on any atom is 0.233 e. The lowest BCUT2D eigenvalue weighted by Gasteiger charge is -2.19. The van der Waals surface area contributed by atoms with Gasteiger partial charge in [-0.05, 0) is 31.0 Å². The Morgan fingerprint density at radius 2 is 1.94 bits per heavy atom. The van der Waals surface area contributed by atoms with Crippen LogP contribution in [0, 0.1) is 11.2 Å². The molecule has 2 rings (SSSR count). The Hall–Kier alpha value is -1.71. The van der Waals surface area contributed by atoms with E-state index in [1.54, 1.807) is 19.1 Å². The lowest BCUT2D eigenvalue weighted by Crippen LogP contribution is -2.30. The maximum absolute atomic E-state index is 12.7. The molecule has 0 radical (unpaired) electrons. The highest BCUT2D eigenvalue weighted by atomic mass is 19.1. The highest BCUT2D eigenvalue weighted by molar-refractivity contribution is 6.05. The number of amides is 2. The van der Waals surface area contributed by atoms with Crippen molar-refractivity contribution in [2.24, 2.45) is 5.41 Å². The van der Waals surface area contributed by atoms with Crippen molar-refractivity contribution in [2.45, 2.75) is 19.8 Å². The lowest BCUT2D eigenvalue weighted by molar-refractivity contribution is -0.128. The van der Waals surface area contributed by atoms with Crippen LogP contribution in [0.15, 0.2) is 24.3 Å². The molecule has 1 saturated heterocycles. The normalized spacial score (nSPS) is 24.6. The molecule has 1 atom stereocenters. The van der Waals surface area contributed by atoms with E-state index < -0.39 is 5.41 Å². The Labute approximate surface area is 92.7 Å². The predicted molar refractivity (Wildman–Crippen MR) is 56.0 cm³/mol. The topological polar surface area (TPSA) is 46.2 Å². The van der Waals surface area contributed by atoms with Crippen molar-refractivity contribution >= 4 is 11.8 Å². The zero-order valence-corrected chi connectivity index (χ0v) is 8.92. The summed E-state index contributed by atoms with van der Waals surface area (Å²) < 4.78 is 12.7. The average Bonchev–Trinajstić information content (AvgIpc) is 2.44. The second kappa shape index (κ2) is 3.70. The van der Waals surface area contributed by atoms with Gasteiger partial charge in [-0.1, -0.05) is 12.1 Å². The van der Waals surface area contributed by atoms with Gasteiger partial charge in [0.15, 0.2) is 0 Å². The first-order valence-corrected chi connectivity index (χ1v) is 5.08. The average molecular weight is 221 g/mol. The summed E-state index contributed by atoms with van der Waals surface area (Å²) in [7, 11) is 0. The van der Waals surface area contributed by atoms with E-state index in [1.807, 2.05) is 0 Å². The highest BCUT2D eigenvalue weighted by Crippen LogP contribution is 2.31. The van der Waals surface area contributed by atoms with Crippen molar-refractivity contribution in [1.29, 1.82) is 0 Å². The third-order valence-corrected chi connectivity index (χ3v) is 2.86. The number of imide groups is 1. The van der Waals surface area contributed by atoms with Gasteiger partial charge in [0.1, 0.15) is 5.82 Å². The second-order valence-corrected chi connectivity index (χ2v) is 4.42. The van der Waals surface area contributed by atoms with Crippen LogP contribution in [-0.4, -0.2) is 11.8 Å². The molecule has 1 aliphatic heterocycles. The Morgan fingerprint density at radius 1 is 1.31 bits per heavy atom. The van der Waals surface area contributed by atoms with Crippen molar-refractivity contribution < 1.29 is 14.0 Å². The van der Waals surface area contributed by atoms with Gasteiger partial charge in [0.05, 0.1) is 5.41 Å². The van der Waals surface area contributed by atoms with Crippen LogP contribution < -0.4 is 5.32 Å². The van der Waals surface area contributed by atoms with E-state index in [0.29, 0.717) is 6.42 Å². The summed E-state index contributed by atoms with van der Waals surface area (Å²) in [5.74, 6) is -0.794. The fourth-order valence-corrected chi connectivity index (χ4v) is 1.95. The fourth-order valence-electron chi connectivity index (χ4n) is 1.95. The molecular weight excluding hydrogens is 209 g/mol. The molecule has 1 fully saturated rings. The SMILES string of the molecule is CC1(Cc2ccc(F)cc2)CC(=O)NC1=O. The minimum Gasteiger partial charge on any atom is -0.296 e. The molecule has 0 saturated carbocycles. The van der Waals surface area contributed by atoms with E-state index in [2.05, 4.69) is 5.32 Å². The zero-order valence-electron chi connectivity index (χ0n) is 8.92. The largest absolute Gasteiger partial charge is 0.296 e. The Balaban J connectivity index is 2.18. The smallest absolute Gasteiger partial charge is 0.233 e. The molecule has 0 spiro atoms. The standard InChI is InChI=1S/C12H12FNO2/c1-12(7-10(15)14-11(12)16)6-8-2-4-9(13)5-3-8/h2-5H,6-7H2,1H3,(H,14,15,16). The molecule has 0 bridgehead atoms. The Morgan fingerprint density at radius 3 is 2.44 bits per heavy atom. The molecule has 16 heavy (non-hydrogen) atoms. The summed E-state index contributed by atoms with van der Waals surface area (Å²) in [4.78, 5) is 22.7. The van der Waals surface area contributed by atoms with Crippen LogP contribution in [-0.2, 0) is 16.0 Å². The summed E-state index contributed by atoms with van der Waals surface area (Å²) in [5.41, 5.74) is 0.156. The van der Waals surface area contributed by atoms with E-state index in [4.69, 9.17) is 0 Å². The van der Waals surface area contributed by atoms with Crippen LogP contribution in [0.1, 0.15) is 18.9 Å². The second-order valence-electron chi connectivity index (χ2n) is 4.42. The van der Waals surface area contributed by atoms with Crippen molar-refractivity contribution in [2.75, 3.05) is 0 Å². The zero-order chi connectivity index (χ0) is 11.8. The number of rotatable bonds is 2. The first-order valence-electron chi connectivity index (χ1n) is 5.08. The summed E-state index contributed by atoms with van der Waals surface area (Å²) in [6, 6.07) is 5.98. The molecule has 1 aromatic carbocycles. The number of carbonyl (C=O) groups is 2. The molecule has 4 heteroatoms. The van der Waals surface area contributed by atoms with Crippen LogP contribution in [0.3, 0.4) is 0 Å². The minimum absolute atomic E-state index is 0.198. The fraction of sp³-hybridized carbons (Fsp3) is 0.333. The van der Waals surface area contributed by atoms with Crippen LogP contribution >= 0.6 is 0 Å². The van der Waals surface area contributed by atoms with Gasteiger partial charge >= 0.3 is 0 Å². The summed E-state index contributed by atoms with van der Waals surface area (Å²) in [5, 5.41) is 2.29. The molecule has 1 aliphatic rings. The number of carbonyl (C=O) groups excluding carboxylic acids is 2. The molecule has 1 N–H and O–H groups in total. The number of benzene rings is 1.